The third-order valence-corrected chi connectivity index (χ3v) is 4.24. The van der Waals surface area contributed by atoms with Crippen LogP contribution in [0.3, 0.4) is 0 Å². The van der Waals surface area contributed by atoms with Crippen molar-refractivity contribution >= 4 is 35.8 Å². The minimum atomic E-state index is -0.0721. The van der Waals surface area contributed by atoms with Crippen molar-refractivity contribution in [2.75, 3.05) is 20.6 Å². The number of benzene rings is 1. The third kappa shape index (κ3) is 8.43. The summed E-state index contributed by atoms with van der Waals surface area (Å²) in [4.78, 5) is 22.5. The molecule has 1 aromatic carbocycles. The molecule has 1 heterocycles. The van der Waals surface area contributed by atoms with Gasteiger partial charge in [0.1, 0.15) is 5.76 Å². The number of amides is 1. The zero-order valence-corrected chi connectivity index (χ0v) is 20.2. The number of nitrogens with zero attached hydrogens (tertiary/aromatic N) is 3. The Bertz CT molecular complexity index is 784. The number of hydrogen-bond donors (Lipinski definition) is 2. The number of carbonyl (C=O) groups is 1. The Hall–Kier alpha value is -2.10. The van der Waals surface area contributed by atoms with E-state index in [0.29, 0.717) is 37.9 Å². The average Bonchev–Trinajstić information content (AvgIpc) is 3.14. The molecule has 7 nitrogen and oxygen atoms in total. The maximum atomic E-state index is 12.3. The van der Waals surface area contributed by atoms with Crippen LogP contribution in [0.4, 0.5) is 0 Å². The predicted molar refractivity (Wildman–Crippen MR) is 126 cm³/mol. The topological polar surface area (TPSA) is 82.8 Å². The quantitative estimate of drug-likeness (QED) is 0.338. The van der Waals surface area contributed by atoms with E-state index in [-0.39, 0.29) is 35.3 Å². The molecule has 0 bridgehead atoms. The van der Waals surface area contributed by atoms with E-state index in [0.717, 1.165) is 11.3 Å². The summed E-state index contributed by atoms with van der Waals surface area (Å²) in [5, 5.41) is 6.30. The lowest BCUT2D eigenvalue weighted by atomic mass is 9.94. The van der Waals surface area contributed by atoms with E-state index in [1.165, 1.54) is 0 Å². The third-order valence-electron chi connectivity index (χ3n) is 4.24. The van der Waals surface area contributed by atoms with Crippen LogP contribution in [0.25, 0.3) is 0 Å². The van der Waals surface area contributed by atoms with E-state index in [4.69, 9.17) is 4.42 Å². The second-order valence-corrected chi connectivity index (χ2v) is 7.71. The van der Waals surface area contributed by atoms with Crippen LogP contribution in [-0.4, -0.2) is 42.4 Å². The monoisotopic (exact) mass is 513 g/mol. The summed E-state index contributed by atoms with van der Waals surface area (Å²) >= 11 is 0. The Balaban J connectivity index is 0.00000420. The first-order valence-electron chi connectivity index (χ1n) is 9.47. The van der Waals surface area contributed by atoms with Crippen molar-refractivity contribution in [3.63, 3.8) is 0 Å². The van der Waals surface area contributed by atoms with Crippen LogP contribution in [0.5, 0.6) is 0 Å². The second-order valence-electron chi connectivity index (χ2n) is 7.71. The summed E-state index contributed by atoms with van der Waals surface area (Å²) in [7, 11) is 3.51. The minimum absolute atomic E-state index is 0. The van der Waals surface area contributed by atoms with Gasteiger partial charge < -0.3 is 20.0 Å². The molecule has 0 atom stereocenters. The van der Waals surface area contributed by atoms with Crippen LogP contribution in [0.1, 0.15) is 44.4 Å². The summed E-state index contributed by atoms with van der Waals surface area (Å²) in [6, 6.07) is 9.95. The van der Waals surface area contributed by atoms with E-state index < -0.39 is 0 Å². The summed E-state index contributed by atoms with van der Waals surface area (Å²) in [6.45, 7) is 7.77. The molecule has 1 aromatic heterocycles. The number of oxazole rings is 1. The van der Waals surface area contributed by atoms with Crippen molar-refractivity contribution < 1.29 is 9.21 Å². The van der Waals surface area contributed by atoms with Gasteiger partial charge >= 0.3 is 0 Å². The lowest BCUT2D eigenvalue weighted by Gasteiger charge is -2.18. The fourth-order valence-corrected chi connectivity index (χ4v) is 2.54. The predicted octanol–water partition coefficient (Wildman–Crippen LogP) is 3.30. The van der Waals surface area contributed by atoms with Gasteiger partial charge in [0.25, 0.3) is 0 Å². The molecule has 0 aliphatic carbocycles. The fourth-order valence-electron chi connectivity index (χ4n) is 2.54. The van der Waals surface area contributed by atoms with Gasteiger partial charge in [0.05, 0.1) is 12.7 Å². The molecule has 0 aliphatic rings. The van der Waals surface area contributed by atoms with E-state index in [2.05, 4.69) is 41.4 Å². The Labute approximate surface area is 190 Å². The van der Waals surface area contributed by atoms with Gasteiger partial charge in [-0.05, 0) is 5.56 Å². The Morgan fingerprint density at radius 1 is 1.21 bits per heavy atom. The van der Waals surface area contributed by atoms with Crippen LogP contribution in [-0.2, 0) is 23.3 Å². The average molecular weight is 513 g/mol. The lowest BCUT2D eigenvalue weighted by molar-refractivity contribution is -0.130. The Morgan fingerprint density at radius 3 is 2.48 bits per heavy atom. The van der Waals surface area contributed by atoms with Crippen LogP contribution < -0.4 is 10.6 Å². The number of nitrogens with one attached hydrogen (secondary N) is 2. The van der Waals surface area contributed by atoms with E-state index in [1.807, 2.05) is 37.4 Å². The van der Waals surface area contributed by atoms with Gasteiger partial charge in [-0.3, -0.25) is 9.79 Å². The zero-order valence-electron chi connectivity index (χ0n) is 17.9. The maximum absolute atomic E-state index is 12.3. The molecule has 2 N–H and O–H groups in total. The smallest absolute Gasteiger partial charge is 0.224 e. The van der Waals surface area contributed by atoms with Crippen LogP contribution in [0.2, 0.25) is 0 Å². The summed E-state index contributed by atoms with van der Waals surface area (Å²) in [5.74, 6) is 2.13. The molecule has 160 valence electrons. The number of aliphatic imine (C=N–C) groups is 1. The van der Waals surface area contributed by atoms with Crippen molar-refractivity contribution in [2.45, 2.75) is 45.7 Å². The number of rotatable bonds is 7. The summed E-state index contributed by atoms with van der Waals surface area (Å²) < 4.78 is 5.76. The first kappa shape index (κ1) is 24.9. The lowest BCUT2D eigenvalue weighted by Crippen LogP contribution is -2.39. The van der Waals surface area contributed by atoms with Crippen LogP contribution >= 0.6 is 24.0 Å². The van der Waals surface area contributed by atoms with Gasteiger partial charge in [0.15, 0.2) is 5.96 Å². The van der Waals surface area contributed by atoms with Gasteiger partial charge in [0, 0.05) is 39.0 Å². The molecule has 0 radical (unpaired) electrons. The van der Waals surface area contributed by atoms with E-state index in [1.54, 1.807) is 18.1 Å². The molecule has 0 unspecified atom stereocenters. The molecule has 0 aliphatic heterocycles. The minimum Gasteiger partial charge on any atom is -0.443 e. The van der Waals surface area contributed by atoms with Gasteiger partial charge in [-0.1, -0.05) is 51.1 Å². The molecule has 8 heteroatoms. The highest BCUT2D eigenvalue weighted by Gasteiger charge is 2.19. The molecule has 0 fully saturated rings. The molecule has 29 heavy (non-hydrogen) atoms. The fraction of sp³-hybridized carbons (Fsp3) is 0.476. The first-order chi connectivity index (χ1) is 13.3. The molecule has 1 amide bonds. The summed E-state index contributed by atoms with van der Waals surface area (Å²) in [6.07, 6.45) is 2.14. The van der Waals surface area contributed by atoms with Gasteiger partial charge in [-0.25, -0.2) is 4.98 Å². The molecular formula is C21H32IN5O2. The van der Waals surface area contributed by atoms with Crippen molar-refractivity contribution in [3.8, 4) is 0 Å². The zero-order chi connectivity index (χ0) is 20.6. The molecule has 2 rings (SSSR count). The standard InChI is InChI=1S/C21H31N5O2.HI/c1-21(2,3)17-13-24-18(28-17)14-25-20(22-4)23-12-11-19(27)26(5)15-16-9-7-6-8-10-16;/h6-10,13H,11-12,14-15H2,1-5H3,(H2,22,23,25);1H. The summed E-state index contributed by atoms with van der Waals surface area (Å²) in [5.41, 5.74) is 1.04. The highest BCUT2D eigenvalue weighted by molar-refractivity contribution is 14.0. The van der Waals surface area contributed by atoms with E-state index in [9.17, 15) is 4.79 Å². The maximum Gasteiger partial charge on any atom is 0.224 e. The number of carbonyl (C=O) groups excluding carboxylic acids is 1. The molecule has 2 aromatic rings. The Morgan fingerprint density at radius 2 is 1.90 bits per heavy atom. The van der Waals surface area contributed by atoms with Crippen molar-refractivity contribution in [2.24, 2.45) is 4.99 Å². The number of aromatic nitrogens is 1. The largest absolute Gasteiger partial charge is 0.443 e. The number of halogens is 1. The molecule has 0 saturated carbocycles. The second kappa shape index (κ2) is 11.8. The highest BCUT2D eigenvalue weighted by Crippen LogP contribution is 2.22. The van der Waals surface area contributed by atoms with Crippen LogP contribution in [0, 0.1) is 0 Å². The van der Waals surface area contributed by atoms with Crippen molar-refractivity contribution in [1.29, 1.82) is 0 Å². The normalized spacial score (nSPS) is 11.6. The van der Waals surface area contributed by atoms with Gasteiger partial charge in [0.2, 0.25) is 11.8 Å². The molecule has 0 saturated heterocycles. The molecule has 0 spiro atoms. The van der Waals surface area contributed by atoms with Crippen LogP contribution in [0.15, 0.2) is 45.9 Å². The van der Waals surface area contributed by atoms with E-state index >= 15 is 0 Å². The SMILES string of the molecule is CN=C(NCCC(=O)N(C)Cc1ccccc1)NCc1ncc(C(C)(C)C)o1.I. The van der Waals surface area contributed by atoms with Crippen molar-refractivity contribution in [1.82, 2.24) is 20.5 Å². The van der Waals surface area contributed by atoms with Crippen molar-refractivity contribution in [3.05, 3.63) is 53.7 Å². The van der Waals surface area contributed by atoms with Gasteiger partial charge in [-0.2, -0.15) is 0 Å². The Kier molecular flexibility index (Phi) is 10.1. The number of hydrogen-bond acceptors (Lipinski definition) is 4. The van der Waals surface area contributed by atoms with Gasteiger partial charge in [-0.15, -0.1) is 24.0 Å². The molecular weight excluding hydrogens is 481 g/mol. The highest BCUT2D eigenvalue weighted by atomic mass is 127. The first-order valence-corrected chi connectivity index (χ1v) is 9.47. The number of guanidine groups is 1.